The van der Waals surface area contributed by atoms with Crippen LogP contribution in [0.3, 0.4) is 0 Å². The average Bonchev–Trinajstić information content (AvgIpc) is 3.37. The fourth-order valence-electron chi connectivity index (χ4n) is 10.8. The molecule has 1 aromatic carbocycles. The summed E-state index contributed by atoms with van der Waals surface area (Å²) in [4.78, 5) is 69.1. The quantitative estimate of drug-likeness (QED) is 0.0982. The topological polar surface area (TPSA) is 256 Å². The predicted molar refractivity (Wildman–Crippen MR) is 281 cm³/mol. The van der Waals surface area contributed by atoms with Crippen molar-refractivity contribution in [1.82, 2.24) is 26.4 Å². The molecule has 4 aliphatic rings. The van der Waals surface area contributed by atoms with Gasteiger partial charge in [-0.2, -0.15) is 0 Å². The van der Waals surface area contributed by atoms with Gasteiger partial charge in [-0.3, -0.25) is 29.0 Å². The summed E-state index contributed by atoms with van der Waals surface area (Å²) in [7, 11) is 0. The van der Waals surface area contributed by atoms with Crippen molar-refractivity contribution >= 4 is 29.6 Å². The number of rotatable bonds is 12. The van der Waals surface area contributed by atoms with E-state index in [1.54, 1.807) is 51.1 Å². The Morgan fingerprint density at radius 2 is 1.68 bits per heavy atom. The van der Waals surface area contributed by atoms with Gasteiger partial charge >= 0.3 is 5.97 Å². The number of benzene rings is 1. The number of amides is 4. The zero-order valence-corrected chi connectivity index (χ0v) is 45.3. The molecule has 17 atom stereocenters. The molecule has 0 aliphatic carbocycles. The van der Waals surface area contributed by atoms with Crippen LogP contribution < -0.4 is 21.4 Å². The second-order valence-electron chi connectivity index (χ2n) is 22.1. The minimum absolute atomic E-state index is 0.0168. The number of hydrazine groups is 1. The van der Waals surface area contributed by atoms with Crippen molar-refractivity contribution in [1.29, 1.82) is 0 Å². The van der Waals surface area contributed by atoms with Gasteiger partial charge in [-0.25, -0.2) is 5.43 Å². The molecule has 1 spiro atoms. The molecule has 0 saturated carbocycles. The first-order valence-corrected chi connectivity index (χ1v) is 27.0. The highest BCUT2D eigenvalue weighted by Crippen LogP contribution is 2.46. The van der Waals surface area contributed by atoms with Crippen molar-refractivity contribution in [2.75, 3.05) is 6.54 Å². The Hall–Kier alpha value is -4.91. The molecular weight excluding hydrogens is 947 g/mol. The van der Waals surface area contributed by atoms with Crippen LogP contribution in [0.1, 0.15) is 126 Å². The summed E-state index contributed by atoms with van der Waals surface area (Å²) in [6.45, 7) is 18.6. The number of aliphatic hydroxyl groups is 4. The summed E-state index contributed by atoms with van der Waals surface area (Å²) in [5.74, 6) is -5.49. The van der Waals surface area contributed by atoms with Crippen LogP contribution >= 0.6 is 0 Å². The van der Waals surface area contributed by atoms with E-state index in [1.807, 2.05) is 52.8 Å². The summed E-state index contributed by atoms with van der Waals surface area (Å²) < 4.78 is 12.9. The molecule has 1 aromatic rings. The van der Waals surface area contributed by atoms with E-state index in [1.165, 1.54) is 30.1 Å². The van der Waals surface area contributed by atoms with Gasteiger partial charge in [0.1, 0.15) is 35.7 Å². The van der Waals surface area contributed by atoms with Crippen LogP contribution in [-0.4, -0.2) is 127 Å². The summed E-state index contributed by atoms with van der Waals surface area (Å²) in [5.41, 5.74) is 3.33. The molecule has 9 N–H and O–H groups in total. The number of phenolic OH excluding ortho intramolecular Hbond substituents is 1. The third-order valence-electron chi connectivity index (χ3n) is 16.3. The van der Waals surface area contributed by atoms with E-state index in [9.17, 15) is 49.5 Å². The number of cyclic esters (lactones) is 1. The number of allylic oxidation sites excluding steroid dienone is 5. The Kier molecular flexibility index (Phi) is 22.1. The number of phenols is 1. The summed E-state index contributed by atoms with van der Waals surface area (Å²) >= 11 is 0. The van der Waals surface area contributed by atoms with E-state index >= 15 is 0 Å². The first-order chi connectivity index (χ1) is 35.0. The number of nitrogens with one attached hydrogen (secondary N) is 4. The SMILES string of the molecule is CC[C@H]1C[C@H](C)[C@@]2(NC1=O)O[C@@H](C[C@H](O)[C@@H](C)CC/C=C/C=C(\C)[C@@H]1C/C=C/C=C/[C@H](O)[C@H](C)[C@@H](O)[C@@H](C)C(=O)N[C@@H](C(C)C)C(=O)N[C@@H](Cc3cccc(O)c3)C(=O)N3CCCC(N3)C(=O)O1)[C@H](C)[C@H](O)[C@@H]2C. The molecule has 4 heterocycles. The van der Waals surface area contributed by atoms with Gasteiger partial charge in [0.05, 0.1) is 36.4 Å². The van der Waals surface area contributed by atoms with Crippen LogP contribution in [-0.2, 0) is 39.9 Å². The monoisotopic (exact) mass is 1030 g/mol. The van der Waals surface area contributed by atoms with Gasteiger partial charge in [0.2, 0.25) is 17.7 Å². The van der Waals surface area contributed by atoms with Gasteiger partial charge in [-0.15, -0.1) is 0 Å². The van der Waals surface area contributed by atoms with Crippen LogP contribution in [0.4, 0.5) is 0 Å². The fraction of sp³-hybridized carbons (Fsp3) is 0.667. The molecule has 3 fully saturated rings. The lowest BCUT2D eigenvalue weighted by Crippen LogP contribution is -2.71. The Morgan fingerprint density at radius 1 is 0.946 bits per heavy atom. The summed E-state index contributed by atoms with van der Waals surface area (Å²) in [5, 5.41) is 65.4. The maximum absolute atomic E-state index is 14.4. The Morgan fingerprint density at radius 3 is 2.36 bits per heavy atom. The molecule has 0 aromatic heterocycles. The molecule has 74 heavy (non-hydrogen) atoms. The van der Waals surface area contributed by atoms with Crippen LogP contribution in [0.25, 0.3) is 0 Å². The zero-order chi connectivity index (χ0) is 54.6. The highest BCUT2D eigenvalue weighted by Gasteiger charge is 2.57. The van der Waals surface area contributed by atoms with Gasteiger partial charge in [0.15, 0.2) is 0 Å². The van der Waals surface area contributed by atoms with E-state index in [0.717, 1.165) is 12.0 Å². The largest absolute Gasteiger partial charge is 0.508 e. The van der Waals surface area contributed by atoms with Crippen molar-refractivity contribution in [2.45, 2.75) is 187 Å². The van der Waals surface area contributed by atoms with Crippen molar-refractivity contribution in [3.63, 3.8) is 0 Å². The second kappa shape index (κ2) is 27.2. The Bertz CT molecular complexity index is 2200. The number of fused-ring (bicyclic) bond motifs is 2. The first kappa shape index (κ1) is 60.0. The number of carbonyl (C=O) groups is 5. The standard InChI is InChI=1S/C57H87N5O12/c1-11-41-28-35(6)57(60-53(41)69)39(10)51(67)37(8)48(74-57)31-46(65)33(4)20-14-12-15-21-34(5)47-26-17-13-16-25-45(64)36(7)50(66)38(9)52(68)59-49(32(2)3)54(70)58-44(30-40-22-18-23-42(63)29-40)55(71)62-27-19-24-43(61-62)56(72)73-47/h12-13,15-18,21-23,25,29,32-33,35-39,41,43-51,61,63-67H,11,14,19-20,24,26-28,30-31H2,1-10H3,(H,58,70)(H,59,68)(H,60,69)/b15-12+,17-13+,25-16+,34-21+/t33-,35-,36-,37-,38+,39-,41-,43?,44-,45-,46-,47-,48-,49-,50+,51-,57+/m0/s1. The second-order valence-corrected chi connectivity index (χ2v) is 22.1. The number of esters is 1. The molecule has 412 valence electrons. The van der Waals surface area contributed by atoms with Crippen molar-refractivity contribution in [3.05, 3.63) is 77.9 Å². The van der Waals surface area contributed by atoms with Gasteiger partial charge in [-0.05, 0) is 80.6 Å². The average molecular weight is 1030 g/mol. The smallest absolute Gasteiger partial charge is 0.325 e. The maximum Gasteiger partial charge on any atom is 0.325 e. The van der Waals surface area contributed by atoms with E-state index < -0.39 is 102 Å². The minimum Gasteiger partial charge on any atom is -0.508 e. The summed E-state index contributed by atoms with van der Waals surface area (Å²) in [6.07, 6.45) is 11.3. The third-order valence-corrected chi connectivity index (χ3v) is 16.3. The number of aromatic hydroxyl groups is 1. The van der Waals surface area contributed by atoms with E-state index in [0.29, 0.717) is 44.1 Å². The molecule has 4 amide bonds. The molecule has 5 rings (SSSR count). The fourth-order valence-corrected chi connectivity index (χ4v) is 10.8. The number of hydrogen-bond acceptors (Lipinski definition) is 13. The normalized spacial score (nSPS) is 36.2. The van der Waals surface area contributed by atoms with Crippen molar-refractivity contribution < 1.29 is 59.0 Å². The molecule has 4 aliphatic heterocycles. The lowest BCUT2D eigenvalue weighted by Gasteiger charge is -2.56. The van der Waals surface area contributed by atoms with Gasteiger partial charge in [0, 0.05) is 55.4 Å². The predicted octanol–water partition coefficient (Wildman–Crippen LogP) is 5.06. The minimum atomic E-state index is -1.29. The zero-order valence-electron chi connectivity index (χ0n) is 45.3. The Balaban J connectivity index is 1.31. The molecule has 17 nitrogen and oxygen atoms in total. The highest BCUT2D eigenvalue weighted by atomic mass is 16.5. The molecular formula is C57H87N5O12. The van der Waals surface area contributed by atoms with Crippen LogP contribution in [0, 0.1) is 47.3 Å². The highest BCUT2D eigenvalue weighted by molar-refractivity contribution is 5.93. The molecule has 2 bridgehead atoms. The van der Waals surface area contributed by atoms with E-state index in [2.05, 4.69) is 28.3 Å². The molecule has 0 radical (unpaired) electrons. The van der Waals surface area contributed by atoms with E-state index in [4.69, 9.17) is 9.47 Å². The Labute approximate surface area is 438 Å². The first-order valence-electron chi connectivity index (χ1n) is 27.0. The lowest BCUT2D eigenvalue weighted by molar-refractivity contribution is -0.267. The summed E-state index contributed by atoms with van der Waals surface area (Å²) in [6, 6.07) is 3.13. The third kappa shape index (κ3) is 15.1. The number of piperidine rings is 1. The van der Waals surface area contributed by atoms with E-state index in [-0.39, 0.29) is 60.6 Å². The van der Waals surface area contributed by atoms with Gasteiger partial charge in [-0.1, -0.05) is 117 Å². The lowest BCUT2D eigenvalue weighted by atomic mass is 9.69. The number of nitrogens with zero attached hydrogens (tertiary/aromatic N) is 1. The van der Waals surface area contributed by atoms with Gasteiger partial charge < -0.3 is 51.0 Å². The van der Waals surface area contributed by atoms with Crippen LogP contribution in [0.2, 0.25) is 0 Å². The van der Waals surface area contributed by atoms with Crippen molar-refractivity contribution in [3.8, 4) is 5.75 Å². The number of hydrogen-bond donors (Lipinski definition) is 9. The number of aliphatic hydroxyl groups excluding tert-OH is 4. The van der Waals surface area contributed by atoms with Crippen LogP contribution in [0.5, 0.6) is 5.75 Å². The van der Waals surface area contributed by atoms with Crippen molar-refractivity contribution in [2.24, 2.45) is 47.3 Å². The van der Waals surface area contributed by atoms with Crippen LogP contribution in [0.15, 0.2) is 72.4 Å². The maximum atomic E-state index is 14.4. The molecule has 1 unspecified atom stereocenters. The molecule has 17 heteroatoms. The molecule has 3 saturated heterocycles. The number of ether oxygens (including phenoxy) is 2. The number of carbonyl (C=O) groups excluding carboxylic acids is 5. The van der Waals surface area contributed by atoms with Gasteiger partial charge in [0.25, 0.3) is 5.91 Å².